The van der Waals surface area contributed by atoms with Crippen LogP contribution in [-0.2, 0) is 0 Å². The highest BCUT2D eigenvalue weighted by Gasteiger charge is 2.59. The summed E-state index contributed by atoms with van der Waals surface area (Å²) in [5.41, 5.74) is 9.92. The molecule has 10 heteroatoms. The SMILES string of the molecule is COc1c(C)c(OC)c(OC)c([Si](c2c(C)c(OC)c(C)c(OC)c2OC)(c2c(C)c(OC)c(C)c(OC)c2OC)C2C(C)=C(C)C(C)=C2C)c1C. The summed E-state index contributed by atoms with van der Waals surface area (Å²) in [5.74, 6) is 5.65. The molecule has 0 fully saturated rings. The first-order chi connectivity index (χ1) is 24.6. The Bertz CT molecular complexity index is 1770. The minimum atomic E-state index is -3.86. The van der Waals surface area contributed by atoms with Gasteiger partial charge in [0.2, 0.25) is 0 Å². The van der Waals surface area contributed by atoms with Crippen LogP contribution in [0.25, 0.3) is 0 Å². The lowest BCUT2D eigenvalue weighted by molar-refractivity contribution is 0.345. The third-order valence-electron chi connectivity index (χ3n) is 11.6. The molecule has 0 heterocycles. The number of hydrogen-bond donors (Lipinski definition) is 0. The molecule has 0 aliphatic heterocycles. The Morgan fingerprint density at radius 3 is 0.692 bits per heavy atom. The van der Waals surface area contributed by atoms with E-state index in [4.69, 9.17) is 42.6 Å². The summed E-state index contributed by atoms with van der Waals surface area (Å²) in [7, 11) is 11.3. The van der Waals surface area contributed by atoms with Crippen LogP contribution in [0.2, 0.25) is 5.54 Å². The van der Waals surface area contributed by atoms with Crippen molar-refractivity contribution in [1.29, 1.82) is 0 Å². The number of rotatable bonds is 13. The molecule has 284 valence electrons. The average Bonchev–Trinajstić information content (AvgIpc) is 3.31. The van der Waals surface area contributed by atoms with Crippen LogP contribution in [0.4, 0.5) is 0 Å². The molecule has 0 radical (unpaired) electrons. The third kappa shape index (κ3) is 5.39. The maximum Gasteiger partial charge on any atom is 0.175 e. The predicted molar refractivity (Wildman–Crippen MR) is 212 cm³/mol. The van der Waals surface area contributed by atoms with E-state index in [0.29, 0.717) is 51.7 Å². The van der Waals surface area contributed by atoms with Gasteiger partial charge in [-0.1, -0.05) is 11.1 Å². The second-order valence-corrected chi connectivity index (χ2v) is 17.2. The molecule has 4 rings (SSSR count). The van der Waals surface area contributed by atoms with Gasteiger partial charge in [-0.25, -0.2) is 0 Å². The second-order valence-electron chi connectivity index (χ2n) is 13.5. The van der Waals surface area contributed by atoms with E-state index in [1.807, 2.05) is 20.8 Å². The zero-order valence-corrected chi connectivity index (χ0v) is 35.8. The monoisotopic (exact) mass is 734 g/mol. The minimum absolute atomic E-state index is 0.202. The lowest BCUT2D eigenvalue weighted by Gasteiger charge is -2.46. The Balaban J connectivity index is 2.75. The van der Waals surface area contributed by atoms with E-state index in [1.54, 1.807) is 64.0 Å². The average molecular weight is 735 g/mol. The molecule has 1 aliphatic rings. The predicted octanol–water partition coefficient (Wildman–Crippen LogP) is 7.14. The molecule has 0 saturated heterocycles. The summed E-state index contributed by atoms with van der Waals surface area (Å²) in [6.07, 6.45) is 0. The van der Waals surface area contributed by atoms with Crippen LogP contribution in [0.1, 0.15) is 61.1 Å². The molecular weight excluding hydrogens is 677 g/mol. The van der Waals surface area contributed by atoms with Gasteiger partial charge in [0.1, 0.15) is 17.2 Å². The van der Waals surface area contributed by atoms with E-state index >= 15 is 0 Å². The molecule has 1 aliphatic carbocycles. The summed E-state index contributed by atoms with van der Waals surface area (Å²) in [4.78, 5) is 0. The second kappa shape index (κ2) is 15.3. The first-order valence-electron chi connectivity index (χ1n) is 17.4. The number of ether oxygens (including phenoxy) is 9. The zero-order valence-electron chi connectivity index (χ0n) is 34.8. The molecule has 0 amide bonds. The maximum atomic E-state index is 6.58. The van der Waals surface area contributed by atoms with Crippen LogP contribution in [-0.4, -0.2) is 72.1 Å². The largest absolute Gasteiger partial charge is 0.496 e. The zero-order chi connectivity index (χ0) is 39.1. The number of methoxy groups -OCH3 is 9. The van der Waals surface area contributed by atoms with Crippen molar-refractivity contribution in [2.75, 3.05) is 64.0 Å². The van der Waals surface area contributed by atoms with E-state index in [-0.39, 0.29) is 5.54 Å². The van der Waals surface area contributed by atoms with Gasteiger partial charge in [0, 0.05) is 37.8 Å². The molecule has 3 aromatic carbocycles. The highest BCUT2D eigenvalue weighted by molar-refractivity contribution is 7.15. The molecule has 0 N–H and O–H groups in total. The number of hydrogen-bond acceptors (Lipinski definition) is 9. The van der Waals surface area contributed by atoms with Crippen molar-refractivity contribution in [2.24, 2.45) is 0 Å². The van der Waals surface area contributed by atoms with Gasteiger partial charge in [0.25, 0.3) is 0 Å². The van der Waals surface area contributed by atoms with Gasteiger partial charge in [0.15, 0.2) is 42.6 Å². The molecule has 0 unspecified atom stereocenters. The van der Waals surface area contributed by atoms with Gasteiger partial charge in [-0.15, -0.1) is 0 Å². The first kappa shape index (κ1) is 40.3. The van der Waals surface area contributed by atoms with Crippen molar-refractivity contribution in [3.63, 3.8) is 0 Å². The summed E-state index contributed by atoms with van der Waals surface area (Å²) >= 11 is 0. The Kier molecular flexibility index (Phi) is 11.8. The summed E-state index contributed by atoms with van der Waals surface area (Å²) in [6, 6.07) is 0. The Morgan fingerprint density at radius 1 is 0.288 bits per heavy atom. The standard InChI is InChI=1S/C42H58O9Si/c1-20-21(2)23(4)39(22(20)3)52(40-27(8)30(43-11)24(5)33(46-14)36(40)49-17,41-28(9)31(44-12)25(6)34(47-15)37(41)50-18)42-29(10)32(45-13)26(7)35(48-16)38(42)51-19/h39H,1-19H3. The third-order valence-corrected chi connectivity index (χ3v) is 17.5. The Morgan fingerprint density at radius 2 is 0.500 bits per heavy atom. The first-order valence-corrected chi connectivity index (χ1v) is 19.5. The summed E-state index contributed by atoms with van der Waals surface area (Å²) in [5, 5.41) is 2.80. The minimum Gasteiger partial charge on any atom is -0.496 e. The fourth-order valence-corrected chi connectivity index (χ4v) is 16.5. The van der Waals surface area contributed by atoms with Crippen molar-refractivity contribution >= 4 is 23.6 Å². The van der Waals surface area contributed by atoms with E-state index in [1.165, 1.54) is 22.3 Å². The molecule has 52 heavy (non-hydrogen) atoms. The van der Waals surface area contributed by atoms with Gasteiger partial charge in [-0.05, 0) is 97.1 Å². The molecule has 0 bridgehead atoms. The quantitative estimate of drug-likeness (QED) is 0.135. The number of allylic oxidation sites excluding steroid dienone is 4. The lowest BCUT2D eigenvalue weighted by atomic mass is 10.1. The van der Waals surface area contributed by atoms with Gasteiger partial charge in [0.05, 0.1) is 64.0 Å². The van der Waals surface area contributed by atoms with E-state index < -0.39 is 8.07 Å². The topological polar surface area (TPSA) is 83.1 Å². The highest BCUT2D eigenvalue weighted by atomic mass is 28.3. The van der Waals surface area contributed by atoms with Crippen molar-refractivity contribution in [2.45, 2.75) is 74.8 Å². The van der Waals surface area contributed by atoms with Crippen LogP contribution in [0, 0.1) is 41.5 Å². The van der Waals surface area contributed by atoms with Crippen LogP contribution in [0.15, 0.2) is 22.3 Å². The van der Waals surface area contributed by atoms with Crippen LogP contribution >= 0.6 is 0 Å². The molecular formula is C42H58O9Si. The van der Waals surface area contributed by atoms with E-state index in [0.717, 1.165) is 48.9 Å². The number of benzene rings is 3. The van der Waals surface area contributed by atoms with Crippen LogP contribution in [0.3, 0.4) is 0 Å². The Hall–Kier alpha value is -4.44. The smallest absolute Gasteiger partial charge is 0.175 e. The van der Waals surface area contributed by atoms with Gasteiger partial charge in [-0.3, -0.25) is 0 Å². The molecule has 0 saturated carbocycles. The Labute approximate surface area is 311 Å². The normalized spacial score (nSPS) is 13.4. The molecule has 0 atom stereocenters. The van der Waals surface area contributed by atoms with Gasteiger partial charge in [-0.2, -0.15) is 0 Å². The van der Waals surface area contributed by atoms with Gasteiger partial charge >= 0.3 is 0 Å². The fraction of sp³-hybridized carbons (Fsp3) is 0.476. The van der Waals surface area contributed by atoms with E-state index in [9.17, 15) is 0 Å². The molecule has 0 spiro atoms. The molecule has 9 nitrogen and oxygen atoms in total. The van der Waals surface area contributed by atoms with Crippen molar-refractivity contribution in [1.82, 2.24) is 0 Å². The van der Waals surface area contributed by atoms with Gasteiger partial charge < -0.3 is 42.6 Å². The van der Waals surface area contributed by atoms with Crippen LogP contribution in [0.5, 0.6) is 51.7 Å². The fourth-order valence-electron chi connectivity index (χ4n) is 9.33. The summed E-state index contributed by atoms with van der Waals surface area (Å²) in [6.45, 7) is 21.2. The van der Waals surface area contributed by atoms with Crippen molar-refractivity contribution in [3.8, 4) is 51.7 Å². The molecule has 0 aromatic heterocycles. The van der Waals surface area contributed by atoms with E-state index in [2.05, 4.69) is 48.5 Å². The maximum absolute atomic E-state index is 6.58. The lowest BCUT2D eigenvalue weighted by Crippen LogP contribution is -2.72. The summed E-state index contributed by atoms with van der Waals surface area (Å²) < 4.78 is 57.3. The van der Waals surface area contributed by atoms with Crippen LogP contribution < -0.4 is 58.2 Å². The van der Waals surface area contributed by atoms with Crippen molar-refractivity contribution < 1.29 is 42.6 Å². The van der Waals surface area contributed by atoms with Crippen molar-refractivity contribution in [3.05, 3.63) is 55.7 Å². The molecule has 3 aromatic rings. The highest BCUT2D eigenvalue weighted by Crippen LogP contribution is 2.54.